The van der Waals surface area contributed by atoms with Gasteiger partial charge in [-0.05, 0) is 67.6 Å². The van der Waals surface area contributed by atoms with Crippen LogP contribution in [0, 0.1) is 5.92 Å². The first kappa shape index (κ1) is 17.4. The predicted octanol–water partition coefficient (Wildman–Crippen LogP) is 6.50. The average Bonchev–Trinajstić information content (AvgIpc) is 2.56. The van der Waals surface area contributed by atoms with Gasteiger partial charge in [-0.3, -0.25) is 0 Å². The van der Waals surface area contributed by atoms with Crippen LogP contribution >= 0.6 is 0 Å². The van der Waals surface area contributed by atoms with Gasteiger partial charge in [0.1, 0.15) is 5.75 Å². The minimum Gasteiger partial charge on any atom is -0.496 e. The van der Waals surface area contributed by atoms with Crippen LogP contribution in [0.3, 0.4) is 0 Å². The molecule has 0 atom stereocenters. The maximum absolute atomic E-state index is 5.57. The van der Waals surface area contributed by atoms with Crippen molar-refractivity contribution in [3.8, 4) is 5.75 Å². The van der Waals surface area contributed by atoms with Crippen molar-refractivity contribution in [2.45, 2.75) is 84.0 Å². The summed E-state index contributed by atoms with van der Waals surface area (Å²) in [7, 11) is 1.80. The molecular weight excluding hydrogens is 268 g/mol. The van der Waals surface area contributed by atoms with Crippen molar-refractivity contribution in [3.63, 3.8) is 0 Å². The van der Waals surface area contributed by atoms with E-state index in [1.807, 2.05) is 0 Å². The number of benzene rings is 1. The summed E-state index contributed by atoms with van der Waals surface area (Å²) in [5.74, 6) is 2.85. The number of rotatable bonds is 8. The summed E-state index contributed by atoms with van der Waals surface area (Å²) >= 11 is 0. The Morgan fingerprint density at radius 1 is 1.00 bits per heavy atom. The maximum Gasteiger partial charge on any atom is 0.122 e. The van der Waals surface area contributed by atoms with E-state index in [1.165, 1.54) is 63.4 Å². The van der Waals surface area contributed by atoms with E-state index in [1.54, 1.807) is 12.7 Å². The fourth-order valence-electron chi connectivity index (χ4n) is 4.01. The molecule has 0 unspecified atom stereocenters. The molecule has 1 aliphatic rings. The third-order valence-electron chi connectivity index (χ3n) is 5.37. The second-order valence-electron chi connectivity index (χ2n) is 7.03. The van der Waals surface area contributed by atoms with E-state index in [2.05, 4.69) is 32.0 Å². The minimum atomic E-state index is 0.781. The van der Waals surface area contributed by atoms with Gasteiger partial charge in [0.2, 0.25) is 0 Å². The van der Waals surface area contributed by atoms with E-state index in [4.69, 9.17) is 4.74 Å². The zero-order chi connectivity index (χ0) is 15.8. The number of aryl methyl sites for hydroxylation is 1. The van der Waals surface area contributed by atoms with Crippen LogP contribution in [0.15, 0.2) is 18.2 Å². The fraction of sp³-hybridized carbons (Fsp3) is 0.714. The van der Waals surface area contributed by atoms with E-state index in [0.717, 1.165) is 24.0 Å². The standard InChI is InChI=1S/C21H34O/c1-4-6-7-9-20-16-19(14-15-21(20)22-3)18-12-10-17(8-5-2)11-13-18/h14-18H,4-13H2,1-3H3/t17-,18-. The third-order valence-corrected chi connectivity index (χ3v) is 5.37. The van der Waals surface area contributed by atoms with Crippen LogP contribution in [0.25, 0.3) is 0 Å². The molecule has 0 aromatic heterocycles. The molecule has 22 heavy (non-hydrogen) atoms. The fourth-order valence-corrected chi connectivity index (χ4v) is 4.01. The molecule has 0 saturated heterocycles. The number of ether oxygens (including phenoxy) is 1. The number of unbranched alkanes of at least 4 members (excludes halogenated alkanes) is 2. The topological polar surface area (TPSA) is 9.23 Å². The van der Waals surface area contributed by atoms with Gasteiger partial charge in [0.25, 0.3) is 0 Å². The van der Waals surface area contributed by atoms with Crippen molar-refractivity contribution in [2.75, 3.05) is 7.11 Å². The van der Waals surface area contributed by atoms with Gasteiger partial charge in [-0.1, -0.05) is 51.7 Å². The SMILES string of the molecule is CCCCCc1cc([C@H]2CC[C@H](CCC)CC2)ccc1OC. The van der Waals surface area contributed by atoms with Crippen LogP contribution in [-0.4, -0.2) is 7.11 Å². The monoisotopic (exact) mass is 302 g/mol. The highest BCUT2D eigenvalue weighted by atomic mass is 16.5. The lowest BCUT2D eigenvalue weighted by atomic mass is 9.77. The Bertz CT molecular complexity index is 430. The van der Waals surface area contributed by atoms with Crippen LogP contribution in [0.2, 0.25) is 0 Å². The molecule has 0 radical (unpaired) electrons. The Morgan fingerprint density at radius 3 is 2.41 bits per heavy atom. The van der Waals surface area contributed by atoms with Crippen LogP contribution in [0.1, 0.15) is 88.7 Å². The summed E-state index contributed by atoms with van der Waals surface area (Å²) in [6.45, 7) is 4.58. The predicted molar refractivity (Wildman–Crippen MR) is 95.8 cm³/mol. The Hall–Kier alpha value is -0.980. The largest absolute Gasteiger partial charge is 0.496 e. The highest BCUT2D eigenvalue weighted by Crippen LogP contribution is 2.38. The number of hydrogen-bond acceptors (Lipinski definition) is 1. The number of hydrogen-bond donors (Lipinski definition) is 0. The molecule has 124 valence electrons. The van der Waals surface area contributed by atoms with Gasteiger partial charge >= 0.3 is 0 Å². The molecule has 1 heteroatoms. The summed E-state index contributed by atoms with van der Waals surface area (Å²) in [6.07, 6.45) is 13.4. The lowest BCUT2D eigenvalue weighted by Crippen LogP contribution is -2.13. The summed E-state index contributed by atoms with van der Waals surface area (Å²) in [4.78, 5) is 0. The molecule has 1 nitrogen and oxygen atoms in total. The lowest BCUT2D eigenvalue weighted by molar-refractivity contribution is 0.308. The quantitative estimate of drug-likeness (QED) is 0.498. The van der Waals surface area contributed by atoms with Crippen molar-refractivity contribution >= 4 is 0 Å². The lowest BCUT2D eigenvalue weighted by Gasteiger charge is -2.29. The minimum absolute atomic E-state index is 0.781. The molecule has 0 aliphatic heterocycles. The van der Waals surface area contributed by atoms with Gasteiger partial charge in [0.15, 0.2) is 0 Å². The van der Waals surface area contributed by atoms with Crippen LogP contribution in [-0.2, 0) is 6.42 Å². The smallest absolute Gasteiger partial charge is 0.122 e. The Kier molecular flexibility index (Phi) is 7.29. The molecule has 1 aliphatic carbocycles. The Morgan fingerprint density at radius 2 is 1.77 bits per heavy atom. The molecule has 0 N–H and O–H groups in total. The molecule has 2 rings (SSSR count). The van der Waals surface area contributed by atoms with Crippen molar-refractivity contribution < 1.29 is 4.74 Å². The zero-order valence-corrected chi connectivity index (χ0v) is 14.9. The summed E-state index contributed by atoms with van der Waals surface area (Å²) in [5, 5.41) is 0. The molecular formula is C21H34O. The van der Waals surface area contributed by atoms with Gasteiger partial charge in [-0.15, -0.1) is 0 Å². The number of methoxy groups -OCH3 is 1. The van der Waals surface area contributed by atoms with Gasteiger partial charge in [0.05, 0.1) is 7.11 Å². The van der Waals surface area contributed by atoms with Crippen molar-refractivity contribution in [3.05, 3.63) is 29.3 Å². The molecule has 0 amide bonds. The highest BCUT2D eigenvalue weighted by Gasteiger charge is 2.22. The van der Waals surface area contributed by atoms with Crippen molar-refractivity contribution in [1.29, 1.82) is 0 Å². The van der Waals surface area contributed by atoms with Crippen molar-refractivity contribution in [1.82, 2.24) is 0 Å². The molecule has 1 saturated carbocycles. The third kappa shape index (κ3) is 4.76. The molecule has 0 heterocycles. The first-order valence-electron chi connectivity index (χ1n) is 9.45. The zero-order valence-electron chi connectivity index (χ0n) is 14.9. The Labute approximate surface area is 137 Å². The van der Waals surface area contributed by atoms with E-state index in [9.17, 15) is 0 Å². The molecule has 1 aromatic carbocycles. The summed E-state index contributed by atoms with van der Waals surface area (Å²) in [5.41, 5.74) is 2.98. The van der Waals surface area contributed by atoms with E-state index < -0.39 is 0 Å². The van der Waals surface area contributed by atoms with Crippen LogP contribution < -0.4 is 4.74 Å². The molecule has 1 fully saturated rings. The van der Waals surface area contributed by atoms with Crippen LogP contribution in [0.5, 0.6) is 5.75 Å². The first-order valence-corrected chi connectivity index (χ1v) is 9.45. The normalized spacial score (nSPS) is 21.8. The van der Waals surface area contributed by atoms with Gasteiger partial charge < -0.3 is 4.74 Å². The second-order valence-corrected chi connectivity index (χ2v) is 7.03. The molecule has 1 aromatic rings. The van der Waals surface area contributed by atoms with Crippen LogP contribution in [0.4, 0.5) is 0 Å². The Balaban J connectivity index is 2.00. The second kappa shape index (κ2) is 9.22. The first-order chi connectivity index (χ1) is 10.8. The van der Waals surface area contributed by atoms with Crippen molar-refractivity contribution in [2.24, 2.45) is 5.92 Å². The van der Waals surface area contributed by atoms with E-state index in [-0.39, 0.29) is 0 Å². The molecule has 0 bridgehead atoms. The molecule has 0 spiro atoms. The van der Waals surface area contributed by atoms with Gasteiger partial charge in [-0.2, -0.15) is 0 Å². The average molecular weight is 303 g/mol. The van der Waals surface area contributed by atoms with E-state index in [0.29, 0.717) is 0 Å². The summed E-state index contributed by atoms with van der Waals surface area (Å²) in [6, 6.07) is 6.96. The highest BCUT2D eigenvalue weighted by molar-refractivity contribution is 5.39. The van der Waals surface area contributed by atoms with Gasteiger partial charge in [0, 0.05) is 0 Å². The maximum atomic E-state index is 5.57. The summed E-state index contributed by atoms with van der Waals surface area (Å²) < 4.78 is 5.57. The van der Waals surface area contributed by atoms with Gasteiger partial charge in [-0.25, -0.2) is 0 Å². The van der Waals surface area contributed by atoms with E-state index >= 15 is 0 Å².